The van der Waals surface area contributed by atoms with Crippen LogP contribution in [0.4, 0.5) is 11.6 Å². The summed E-state index contributed by atoms with van der Waals surface area (Å²) >= 11 is 0. The van der Waals surface area contributed by atoms with E-state index in [9.17, 15) is 0 Å². The molecule has 2 aromatic heterocycles. The molecule has 3 heterocycles. The van der Waals surface area contributed by atoms with E-state index < -0.39 is 0 Å². The molecule has 0 bridgehead atoms. The molecule has 6 aromatic carbocycles. The van der Waals surface area contributed by atoms with E-state index >= 15 is 0 Å². The van der Waals surface area contributed by atoms with Gasteiger partial charge in [0.05, 0.1) is 17.1 Å². The van der Waals surface area contributed by atoms with Crippen LogP contribution < -0.4 is 10.6 Å². The van der Waals surface area contributed by atoms with Crippen LogP contribution in [-0.4, -0.2) is 4.57 Å². The summed E-state index contributed by atoms with van der Waals surface area (Å²) < 4.78 is 8.84. The Balaban J connectivity index is 1.28. The normalized spacial score (nSPS) is 16.5. The van der Waals surface area contributed by atoms with Crippen LogP contribution in [0.15, 0.2) is 144 Å². The number of aromatic nitrogens is 1. The Morgan fingerprint density at radius 2 is 1.19 bits per heavy atom. The van der Waals surface area contributed by atoms with Crippen molar-refractivity contribution in [1.82, 2.24) is 4.57 Å². The fraction of sp³-hybridized carbons (Fsp3) is 0.0526. The van der Waals surface area contributed by atoms with Gasteiger partial charge < -0.3 is 19.6 Å². The van der Waals surface area contributed by atoms with Gasteiger partial charge >= 0.3 is 0 Å². The first-order chi connectivity index (χ1) is 20.8. The molecule has 0 fully saturated rings. The maximum atomic E-state index is 6.39. The second-order valence-corrected chi connectivity index (χ2v) is 11.1. The number of anilines is 2. The Kier molecular flexibility index (Phi) is 4.99. The summed E-state index contributed by atoms with van der Waals surface area (Å²) in [6, 6.07) is 49.7. The third kappa shape index (κ3) is 3.48. The topological polar surface area (TPSA) is 42.1 Å². The van der Waals surface area contributed by atoms with Crippen molar-refractivity contribution in [2.24, 2.45) is 0 Å². The lowest BCUT2D eigenvalue weighted by molar-refractivity contribution is 0.480. The molecule has 4 nitrogen and oxygen atoms in total. The first-order valence-electron chi connectivity index (χ1n) is 14.4. The van der Waals surface area contributed by atoms with Crippen LogP contribution >= 0.6 is 0 Å². The van der Waals surface area contributed by atoms with Crippen molar-refractivity contribution in [2.75, 3.05) is 10.6 Å². The van der Waals surface area contributed by atoms with Gasteiger partial charge in [0, 0.05) is 16.2 Å². The lowest BCUT2D eigenvalue weighted by Gasteiger charge is -2.36. The molecule has 1 aliphatic rings. The minimum atomic E-state index is -0.149. The average molecular weight is 542 g/mol. The molecule has 2 unspecified atom stereocenters. The zero-order valence-electron chi connectivity index (χ0n) is 22.8. The second-order valence-electron chi connectivity index (χ2n) is 11.1. The van der Waals surface area contributed by atoms with Crippen molar-refractivity contribution in [2.45, 2.75) is 12.2 Å². The number of para-hydroxylation sites is 2. The fourth-order valence-electron chi connectivity index (χ4n) is 6.72. The Morgan fingerprint density at radius 3 is 2.02 bits per heavy atom. The van der Waals surface area contributed by atoms with Crippen molar-refractivity contribution in [3.63, 3.8) is 0 Å². The summed E-state index contributed by atoms with van der Waals surface area (Å²) in [6.45, 7) is 0. The summed E-state index contributed by atoms with van der Waals surface area (Å²) in [5.74, 6) is 0.769. The SMILES string of the molecule is c1ccc(-c2ccc(C3Nc4c(oc5ccccc45)NC3n3c4ccccc4c4cc5ccccc5cc43)cc2)cc1. The van der Waals surface area contributed by atoms with Crippen LogP contribution in [0.1, 0.15) is 17.8 Å². The highest BCUT2D eigenvalue weighted by atomic mass is 16.4. The predicted octanol–water partition coefficient (Wildman–Crippen LogP) is 10.1. The highest BCUT2D eigenvalue weighted by Gasteiger charge is 2.35. The largest absolute Gasteiger partial charge is 0.438 e. The van der Waals surface area contributed by atoms with Gasteiger partial charge in [0.1, 0.15) is 17.4 Å². The van der Waals surface area contributed by atoms with Gasteiger partial charge in [-0.2, -0.15) is 0 Å². The highest BCUT2D eigenvalue weighted by molar-refractivity contribution is 6.13. The highest BCUT2D eigenvalue weighted by Crippen LogP contribution is 2.48. The van der Waals surface area contributed by atoms with Crippen LogP contribution in [0.25, 0.3) is 54.7 Å². The van der Waals surface area contributed by atoms with Gasteiger partial charge in [-0.15, -0.1) is 0 Å². The number of nitrogens with one attached hydrogen (secondary N) is 2. The molecule has 42 heavy (non-hydrogen) atoms. The molecule has 200 valence electrons. The molecule has 0 saturated heterocycles. The maximum absolute atomic E-state index is 6.39. The van der Waals surface area contributed by atoms with E-state index in [0.29, 0.717) is 0 Å². The van der Waals surface area contributed by atoms with Gasteiger partial charge in [0.2, 0.25) is 5.88 Å². The summed E-state index contributed by atoms with van der Waals surface area (Å²) in [4.78, 5) is 0. The summed E-state index contributed by atoms with van der Waals surface area (Å²) in [5.41, 5.74) is 7.88. The Labute approximate surface area is 242 Å². The molecule has 0 radical (unpaired) electrons. The first kappa shape index (κ1) is 23.2. The van der Waals surface area contributed by atoms with E-state index in [1.165, 1.54) is 49.3 Å². The number of benzene rings is 6. The summed E-state index contributed by atoms with van der Waals surface area (Å²) in [5, 5.41) is 13.8. The molecule has 2 atom stereocenters. The van der Waals surface area contributed by atoms with Gasteiger partial charge in [-0.1, -0.05) is 109 Å². The number of hydrogen-bond donors (Lipinski definition) is 2. The molecule has 0 aliphatic carbocycles. The van der Waals surface area contributed by atoms with Crippen molar-refractivity contribution < 1.29 is 4.42 Å². The average Bonchev–Trinajstić information content (AvgIpc) is 3.58. The molecular formula is C38H27N3O. The van der Waals surface area contributed by atoms with E-state index in [2.05, 4.69) is 143 Å². The van der Waals surface area contributed by atoms with Crippen molar-refractivity contribution in [3.8, 4) is 11.1 Å². The molecule has 2 N–H and O–H groups in total. The molecule has 1 aliphatic heterocycles. The van der Waals surface area contributed by atoms with Gasteiger partial charge in [-0.25, -0.2) is 0 Å². The van der Waals surface area contributed by atoms with Crippen LogP contribution in [0.2, 0.25) is 0 Å². The standard InChI is InChI=1S/C38H27N3O/c1-2-10-24(11-3-1)25-18-20-26(21-19-25)35-37(40-38-36(39-35)30-15-7-9-17-34(30)42-38)41-32-16-8-6-14-29(32)31-22-27-12-4-5-13-28(27)23-33(31)41/h1-23,35,37,39-40H. The number of hydrogen-bond acceptors (Lipinski definition) is 3. The quantitative estimate of drug-likeness (QED) is 0.234. The number of rotatable bonds is 3. The Bertz CT molecular complexity index is 2260. The van der Waals surface area contributed by atoms with E-state index in [1.807, 2.05) is 12.1 Å². The lowest BCUT2D eigenvalue weighted by Crippen LogP contribution is -2.33. The van der Waals surface area contributed by atoms with Crippen LogP contribution in [0.5, 0.6) is 0 Å². The molecule has 0 amide bonds. The fourth-order valence-corrected chi connectivity index (χ4v) is 6.72. The summed E-state index contributed by atoms with van der Waals surface area (Å²) in [6.07, 6.45) is -0.149. The van der Waals surface area contributed by atoms with Gasteiger partial charge in [0.15, 0.2) is 0 Å². The molecule has 8 aromatic rings. The van der Waals surface area contributed by atoms with Crippen molar-refractivity contribution in [1.29, 1.82) is 0 Å². The minimum absolute atomic E-state index is 0.0613. The zero-order valence-corrected chi connectivity index (χ0v) is 22.8. The third-order valence-electron chi connectivity index (χ3n) is 8.72. The van der Waals surface area contributed by atoms with Crippen molar-refractivity contribution >= 4 is 55.1 Å². The molecule has 0 spiro atoms. The van der Waals surface area contributed by atoms with Crippen LogP contribution in [-0.2, 0) is 0 Å². The monoisotopic (exact) mass is 541 g/mol. The first-order valence-corrected chi connectivity index (χ1v) is 14.4. The summed E-state index contributed by atoms with van der Waals surface area (Å²) in [7, 11) is 0. The number of fused-ring (bicyclic) bond motifs is 7. The molecule has 9 rings (SSSR count). The molecule has 4 heteroatoms. The Hall–Kier alpha value is -5.48. The second kappa shape index (κ2) is 9.02. The van der Waals surface area contributed by atoms with Crippen LogP contribution in [0.3, 0.4) is 0 Å². The van der Waals surface area contributed by atoms with E-state index in [0.717, 1.165) is 22.5 Å². The zero-order chi connectivity index (χ0) is 27.6. The maximum Gasteiger partial charge on any atom is 0.219 e. The van der Waals surface area contributed by atoms with E-state index in [1.54, 1.807) is 0 Å². The minimum Gasteiger partial charge on any atom is -0.438 e. The predicted molar refractivity (Wildman–Crippen MR) is 174 cm³/mol. The number of furan rings is 1. The van der Waals surface area contributed by atoms with Gasteiger partial charge in [-0.3, -0.25) is 0 Å². The lowest BCUT2D eigenvalue weighted by atomic mass is 9.97. The van der Waals surface area contributed by atoms with Crippen LogP contribution in [0, 0.1) is 0 Å². The smallest absolute Gasteiger partial charge is 0.219 e. The van der Waals surface area contributed by atoms with E-state index in [-0.39, 0.29) is 12.2 Å². The third-order valence-corrected chi connectivity index (χ3v) is 8.72. The van der Waals surface area contributed by atoms with Gasteiger partial charge in [-0.05, 0) is 57.8 Å². The van der Waals surface area contributed by atoms with Gasteiger partial charge in [0.25, 0.3) is 0 Å². The van der Waals surface area contributed by atoms with Crippen molar-refractivity contribution in [3.05, 3.63) is 145 Å². The van der Waals surface area contributed by atoms with E-state index in [4.69, 9.17) is 4.42 Å². The number of nitrogens with zero attached hydrogens (tertiary/aromatic N) is 1. The molecule has 0 saturated carbocycles. The Morgan fingerprint density at radius 1 is 0.524 bits per heavy atom. The molecular weight excluding hydrogens is 514 g/mol.